The van der Waals surface area contributed by atoms with Gasteiger partial charge in [0.05, 0.1) is 13.7 Å². The van der Waals surface area contributed by atoms with Crippen molar-refractivity contribution in [2.75, 3.05) is 13.7 Å². The number of hydrogen-bond acceptors (Lipinski definition) is 3. The average molecular weight is 221 g/mol. The Kier molecular flexibility index (Phi) is 4.99. The van der Waals surface area contributed by atoms with Crippen LogP contribution < -0.4 is 10.1 Å². The van der Waals surface area contributed by atoms with Crippen molar-refractivity contribution in [2.45, 2.75) is 26.3 Å². The molecule has 3 heteroatoms. The fourth-order valence-corrected chi connectivity index (χ4v) is 1.39. The van der Waals surface area contributed by atoms with Gasteiger partial charge in [-0.3, -0.25) is 4.79 Å². The molecule has 0 spiro atoms. The molecule has 0 fully saturated rings. The molecule has 0 saturated carbocycles. The zero-order valence-electron chi connectivity index (χ0n) is 10.1. The smallest absolute Gasteiger partial charge is 0.150 e. The standard InChI is InChI=1S/C13H19NO2/c1-10(2)14-9-12(15)7-11-5-4-6-13(8-11)16-3/h4-6,8,10,14H,7,9H2,1-3H3. The molecule has 0 radical (unpaired) electrons. The molecule has 0 aliphatic heterocycles. The van der Waals surface area contributed by atoms with Crippen molar-refractivity contribution >= 4 is 5.78 Å². The average Bonchev–Trinajstić information content (AvgIpc) is 2.26. The molecule has 1 N–H and O–H groups in total. The Morgan fingerprint density at radius 2 is 2.19 bits per heavy atom. The van der Waals surface area contributed by atoms with Crippen molar-refractivity contribution in [3.63, 3.8) is 0 Å². The third-order valence-corrected chi connectivity index (χ3v) is 2.24. The van der Waals surface area contributed by atoms with Crippen molar-refractivity contribution in [1.29, 1.82) is 0 Å². The topological polar surface area (TPSA) is 38.3 Å². The van der Waals surface area contributed by atoms with Gasteiger partial charge in [0.25, 0.3) is 0 Å². The number of Topliss-reactive ketones (excluding diaryl/α,β-unsaturated/α-hetero) is 1. The lowest BCUT2D eigenvalue weighted by Gasteiger charge is -2.07. The number of carbonyl (C=O) groups excluding carboxylic acids is 1. The number of carbonyl (C=O) groups is 1. The molecule has 0 atom stereocenters. The summed E-state index contributed by atoms with van der Waals surface area (Å²) < 4.78 is 5.11. The second kappa shape index (κ2) is 6.28. The van der Waals surface area contributed by atoms with E-state index in [2.05, 4.69) is 5.32 Å². The first-order valence-corrected chi connectivity index (χ1v) is 5.50. The maximum atomic E-state index is 11.6. The van der Waals surface area contributed by atoms with Gasteiger partial charge in [-0.2, -0.15) is 0 Å². The summed E-state index contributed by atoms with van der Waals surface area (Å²) >= 11 is 0. The predicted molar refractivity (Wildman–Crippen MR) is 64.8 cm³/mol. The van der Waals surface area contributed by atoms with E-state index in [1.807, 2.05) is 38.1 Å². The van der Waals surface area contributed by atoms with Crippen LogP contribution in [0.15, 0.2) is 24.3 Å². The molecule has 88 valence electrons. The zero-order chi connectivity index (χ0) is 12.0. The van der Waals surface area contributed by atoms with Crippen LogP contribution in [-0.2, 0) is 11.2 Å². The van der Waals surface area contributed by atoms with Gasteiger partial charge in [-0.05, 0) is 17.7 Å². The van der Waals surface area contributed by atoms with E-state index < -0.39 is 0 Å². The monoisotopic (exact) mass is 221 g/mol. The number of hydrogen-bond donors (Lipinski definition) is 1. The minimum absolute atomic E-state index is 0.196. The molecular formula is C13H19NO2. The largest absolute Gasteiger partial charge is 0.497 e. The first-order chi connectivity index (χ1) is 7.61. The number of ether oxygens (including phenoxy) is 1. The Morgan fingerprint density at radius 1 is 1.44 bits per heavy atom. The number of nitrogens with one attached hydrogen (secondary N) is 1. The van der Waals surface area contributed by atoms with Crippen molar-refractivity contribution in [1.82, 2.24) is 5.32 Å². The van der Waals surface area contributed by atoms with Gasteiger partial charge >= 0.3 is 0 Å². The lowest BCUT2D eigenvalue weighted by Crippen LogP contribution is -2.29. The van der Waals surface area contributed by atoms with E-state index in [0.717, 1.165) is 11.3 Å². The van der Waals surface area contributed by atoms with Crippen LogP contribution in [0.2, 0.25) is 0 Å². The number of rotatable bonds is 6. The van der Waals surface area contributed by atoms with Crippen LogP contribution in [0.5, 0.6) is 5.75 Å². The lowest BCUT2D eigenvalue weighted by molar-refractivity contribution is -0.117. The van der Waals surface area contributed by atoms with E-state index in [9.17, 15) is 4.79 Å². The molecule has 1 aromatic rings. The van der Waals surface area contributed by atoms with Crippen LogP contribution in [0, 0.1) is 0 Å². The van der Waals surface area contributed by atoms with Crippen molar-refractivity contribution in [3.05, 3.63) is 29.8 Å². The molecule has 0 unspecified atom stereocenters. The first-order valence-electron chi connectivity index (χ1n) is 5.50. The second-order valence-corrected chi connectivity index (χ2v) is 4.10. The van der Waals surface area contributed by atoms with Crippen molar-refractivity contribution < 1.29 is 9.53 Å². The zero-order valence-corrected chi connectivity index (χ0v) is 10.1. The highest BCUT2D eigenvalue weighted by Crippen LogP contribution is 2.12. The van der Waals surface area contributed by atoms with E-state index in [0.29, 0.717) is 19.0 Å². The van der Waals surface area contributed by atoms with Crippen LogP contribution in [0.1, 0.15) is 19.4 Å². The quantitative estimate of drug-likeness (QED) is 0.796. The van der Waals surface area contributed by atoms with E-state index >= 15 is 0 Å². The fourth-order valence-electron chi connectivity index (χ4n) is 1.39. The van der Waals surface area contributed by atoms with Crippen LogP contribution >= 0.6 is 0 Å². The highest BCUT2D eigenvalue weighted by Gasteiger charge is 2.05. The molecular weight excluding hydrogens is 202 g/mol. The first kappa shape index (κ1) is 12.7. The van der Waals surface area contributed by atoms with Crippen LogP contribution in [0.3, 0.4) is 0 Å². The van der Waals surface area contributed by atoms with Crippen LogP contribution in [-0.4, -0.2) is 25.5 Å². The number of methoxy groups -OCH3 is 1. The molecule has 0 bridgehead atoms. The summed E-state index contributed by atoms with van der Waals surface area (Å²) in [5, 5.41) is 3.11. The molecule has 3 nitrogen and oxygen atoms in total. The van der Waals surface area contributed by atoms with Crippen molar-refractivity contribution in [2.24, 2.45) is 0 Å². The molecule has 0 aliphatic carbocycles. The lowest BCUT2D eigenvalue weighted by atomic mass is 10.1. The predicted octanol–water partition coefficient (Wildman–Crippen LogP) is 1.80. The summed E-state index contributed by atoms with van der Waals surface area (Å²) in [7, 11) is 1.63. The van der Waals surface area contributed by atoms with E-state index in [1.54, 1.807) is 7.11 Å². The number of benzene rings is 1. The SMILES string of the molecule is COc1cccc(CC(=O)CNC(C)C)c1. The van der Waals surface area contributed by atoms with E-state index in [4.69, 9.17) is 4.74 Å². The minimum Gasteiger partial charge on any atom is -0.497 e. The summed E-state index contributed by atoms with van der Waals surface area (Å²) in [5.41, 5.74) is 0.995. The van der Waals surface area contributed by atoms with Gasteiger partial charge < -0.3 is 10.1 Å². The normalized spacial score (nSPS) is 10.5. The Hall–Kier alpha value is -1.35. The van der Waals surface area contributed by atoms with Gasteiger partial charge in [0.1, 0.15) is 5.75 Å². The summed E-state index contributed by atoms with van der Waals surface area (Å²) in [6.07, 6.45) is 0.455. The molecule has 0 heterocycles. The Bertz CT molecular complexity index is 348. The molecule has 1 aromatic carbocycles. The third-order valence-electron chi connectivity index (χ3n) is 2.24. The maximum absolute atomic E-state index is 11.6. The molecule has 0 aliphatic rings. The Balaban J connectivity index is 2.49. The van der Waals surface area contributed by atoms with Crippen LogP contribution in [0.25, 0.3) is 0 Å². The van der Waals surface area contributed by atoms with Crippen LogP contribution in [0.4, 0.5) is 0 Å². The van der Waals surface area contributed by atoms with Gasteiger partial charge in [-0.1, -0.05) is 26.0 Å². The Morgan fingerprint density at radius 3 is 2.81 bits per heavy atom. The molecule has 0 amide bonds. The van der Waals surface area contributed by atoms with E-state index in [1.165, 1.54) is 0 Å². The minimum atomic E-state index is 0.196. The second-order valence-electron chi connectivity index (χ2n) is 4.10. The van der Waals surface area contributed by atoms with Gasteiger partial charge in [0.2, 0.25) is 0 Å². The number of ketones is 1. The van der Waals surface area contributed by atoms with Gasteiger partial charge in [0, 0.05) is 12.5 Å². The van der Waals surface area contributed by atoms with E-state index in [-0.39, 0.29) is 5.78 Å². The highest BCUT2D eigenvalue weighted by molar-refractivity contribution is 5.82. The van der Waals surface area contributed by atoms with Gasteiger partial charge in [-0.15, -0.1) is 0 Å². The Labute approximate surface area is 96.8 Å². The third kappa shape index (κ3) is 4.45. The van der Waals surface area contributed by atoms with Gasteiger partial charge in [-0.25, -0.2) is 0 Å². The molecule has 1 rings (SSSR count). The molecule has 16 heavy (non-hydrogen) atoms. The maximum Gasteiger partial charge on any atom is 0.150 e. The van der Waals surface area contributed by atoms with Crippen molar-refractivity contribution in [3.8, 4) is 5.75 Å². The fraction of sp³-hybridized carbons (Fsp3) is 0.462. The highest BCUT2D eigenvalue weighted by atomic mass is 16.5. The molecule has 0 aromatic heterocycles. The summed E-state index contributed by atoms with van der Waals surface area (Å²) in [4.78, 5) is 11.6. The van der Waals surface area contributed by atoms with Gasteiger partial charge in [0.15, 0.2) is 5.78 Å². The molecule has 0 saturated heterocycles. The summed E-state index contributed by atoms with van der Waals surface area (Å²) in [6.45, 7) is 4.48. The summed E-state index contributed by atoms with van der Waals surface area (Å²) in [5.74, 6) is 0.990. The summed E-state index contributed by atoms with van der Waals surface area (Å²) in [6, 6.07) is 7.95.